The van der Waals surface area contributed by atoms with Gasteiger partial charge in [-0.3, -0.25) is 4.98 Å². The van der Waals surface area contributed by atoms with Crippen LogP contribution in [-0.4, -0.2) is 16.2 Å². The standard InChI is InChI=1S/C14H13F2NO/c15-11-4-5-14(16)10(7-11)8-13(18)9-12-3-1-2-6-17-12/h1-7,13,18H,8-9H2. The molecule has 0 amide bonds. The Labute approximate surface area is 104 Å². The quantitative estimate of drug-likeness (QED) is 0.903. The lowest BCUT2D eigenvalue weighted by Crippen LogP contribution is -2.15. The summed E-state index contributed by atoms with van der Waals surface area (Å²) in [4.78, 5) is 4.07. The number of rotatable bonds is 4. The topological polar surface area (TPSA) is 33.1 Å². The Bertz CT molecular complexity index is 516. The lowest BCUT2D eigenvalue weighted by atomic mass is 10.0. The van der Waals surface area contributed by atoms with Crippen molar-refractivity contribution >= 4 is 0 Å². The van der Waals surface area contributed by atoms with Crippen LogP contribution in [0.4, 0.5) is 8.78 Å². The van der Waals surface area contributed by atoms with Gasteiger partial charge in [0.05, 0.1) is 6.10 Å². The van der Waals surface area contributed by atoms with E-state index >= 15 is 0 Å². The molecule has 0 aliphatic rings. The van der Waals surface area contributed by atoms with Crippen molar-refractivity contribution in [3.05, 3.63) is 65.5 Å². The van der Waals surface area contributed by atoms with E-state index in [-0.39, 0.29) is 12.0 Å². The molecule has 18 heavy (non-hydrogen) atoms. The number of aromatic nitrogens is 1. The molecule has 1 aromatic carbocycles. The van der Waals surface area contributed by atoms with Gasteiger partial charge in [0.2, 0.25) is 0 Å². The molecule has 1 atom stereocenters. The maximum atomic E-state index is 13.4. The summed E-state index contributed by atoms with van der Waals surface area (Å²) < 4.78 is 26.3. The zero-order chi connectivity index (χ0) is 13.0. The van der Waals surface area contributed by atoms with E-state index in [9.17, 15) is 13.9 Å². The molecule has 1 aromatic heterocycles. The molecule has 1 heterocycles. The SMILES string of the molecule is OC(Cc1ccccn1)Cc1cc(F)ccc1F. The van der Waals surface area contributed by atoms with Crippen LogP contribution in [0.2, 0.25) is 0 Å². The number of hydrogen-bond donors (Lipinski definition) is 1. The van der Waals surface area contributed by atoms with Crippen molar-refractivity contribution in [2.45, 2.75) is 18.9 Å². The minimum Gasteiger partial charge on any atom is -0.392 e. The van der Waals surface area contributed by atoms with Crippen LogP contribution >= 0.6 is 0 Å². The molecular weight excluding hydrogens is 236 g/mol. The Hall–Kier alpha value is -1.81. The van der Waals surface area contributed by atoms with Gasteiger partial charge >= 0.3 is 0 Å². The van der Waals surface area contributed by atoms with Crippen molar-refractivity contribution in [1.82, 2.24) is 4.98 Å². The molecule has 0 aliphatic carbocycles. The number of aliphatic hydroxyl groups is 1. The monoisotopic (exact) mass is 249 g/mol. The van der Waals surface area contributed by atoms with Crippen molar-refractivity contribution in [3.63, 3.8) is 0 Å². The van der Waals surface area contributed by atoms with Crippen molar-refractivity contribution in [3.8, 4) is 0 Å². The van der Waals surface area contributed by atoms with E-state index in [1.165, 1.54) is 0 Å². The third kappa shape index (κ3) is 3.34. The molecule has 0 spiro atoms. The zero-order valence-corrected chi connectivity index (χ0v) is 9.68. The summed E-state index contributed by atoms with van der Waals surface area (Å²) in [6.07, 6.45) is 1.23. The van der Waals surface area contributed by atoms with Crippen molar-refractivity contribution in [1.29, 1.82) is 0 Å². The highest BCUT2D eigenvalue weighted by Crippen LogP contribution is 2.13. The molecule has 0 saturated heterocycles. The minimum atomic E-state index is -0.781. The van der Waals surface area contributed by atoms with E-state index in [4.69, 9.17) is 0 Å². The maximum Gasteiger partial charge on any atom is 0.126 e. The third-order valence-electron chi connectivity index (χ3n) is 2.63. The van der Waals surface area contributed by atoms with Crippen LogP contribution in [-0.2, 0) is 12.8 Å². The Morgan fingerprint density at radius 2 is 1.94 bits per heavy atom. The van der Waals surface area contributed by atoms with Gasteiger partial charge in [-0.25, -0.2) is 8.78 Å². The fraction of sp³-hybridized carbons (Fsp3) is 0.214. The molecule has 2 nitrogen and oxygen atoms in total. The lowest BCUT2D eigenvalue weighted by molar-refractivity contribution is 0.173. The first kappa shape index (κ1) is 12.6. The van der Waals surface area contributed by atoms with Gasteiger partial charge in [-0.05, 0) is 35.9 Å². The number of nitrogens with zero attached hydrogens (tertiary/aromatic N) is 1. The predicted octanol–water partition coefficient (Wildman–Crippen LogP) is 2.51. The van der Waals surface area contributed by atoms with Crippen LogP contribution in [0.5, 0.6) is 0 Å². The Kier molecular flexibility index (Phi) is 3.99. The molecule has 0 saturated carbocycles. The van der Waals surface area contributed by atoms with E-state index in [0.29, 0.717) is 6.42 Å². The average molecular weight is 249 g/mol. The molecule has 0 fully saturated rings. The van der Waals surface area contributed by atoms with Crippen LogP contribution in [0.25, 0.3) is 0 Å². The van der Waals surface area contributed by atoms with Gasteiger partial charge in [0, 0.05) is 24.7 Å². The zero-order valence-electron chi connectivity index (χ0n) is 9.68. The van der Waals surface area contributed by atoms with Crippen LogP contribution in [0.15, 0.2) is 42.6 Å². The summed E-state index contributed by atoms with van der Waals surface area (Å²) in [5.74, 6) is -1.01. The van der Waals surface area contributed by atoms with E-state index in [1.54, 1.807) is 18.3 Å². The largest absolute Gasteiger partial charge is 0.392 e. The highest BCUT2D eigenvalue weighted by Gasteiger charge is 2.11. The molecule has 1 unspecified atom stereocenters. The van der Waals surface area contributed by atoms with Crippen LogP contribution in [0.3, 0.4) is 0 Å². The predicted molar refractivity (Wildman–Crippen MR) is 64.0 cm³/mol. The molecule has 1 N–H and O–H groups in total. The van der Waals surface area contributed by atoms with Gasteiger partial charge in [0.25, 0.3) is 0 Å². The van der Waals surface area contributed by atoms with Gasteiger partial charge in [-0.15, -0.1) is 0 Å². The fourth-order valence-electron chi connectivity index (χ4n) is 1.79. The summed E-state index contributed by atoms with van der Waals surface area (Å²) in [5, 5.41) is 9.84. The maximum absolute atomic E-state index is 13.4. The normalized spacial score (nSPS) is 12.4. The first-order valence-electron chi connectivity index (χ1n) is 5.67. The van der Waals surface area contributed by atoms with Crippen LogP contribution in [0, 0.1) is 11.6 Å². The Balaban J connectivity index is 2.03. The number of pyridine rings is 1. The summed E-state index contributed by atoms with van der Waals surface area (Å²) in [7, 11) is 0. The van der Waals surface area contributed by atoms with E-state index in [1.807, 2.05) is 6.07 Å². The summed E-state index contributed by atoms with van der Waals surface area (Å²) in [6.45, 7) is 0. The molecule has 4 heteroatoms. The van der Waals surface area contributed by atoms with Crippen molar-refractivity contribution in [2.24, 2.45) is 0 Å². The number of aliphatic hydroxyl groups excluding tert-OH is 1. The van der Waals surface area contributed by atoms with Gasteiger partial charge in [0.1, 0.15) is 11.6 Å². The molecular formula is C14H13F2NO. The molecule has 0 aliphatic heterocycles. The smallest absolute Gasteiger partial charge is 0.126 e. The second kappa shape index (κ2) is 5.69. The average Bonchev–Trinajstić information content (AvgIpc) is 2.35. The highest BCUT2D eigenvalue weighted by molar-refractivity contribution is 5.20. The van der Waals surface area contributed by atoms with Gasteiger partial charge < -0.3 is 5.11 Å². The molecule has 94 valence electrons. The lowest BCUT2D eigenvalue weighted by Gasteiger charge is -2.10. The second-order valence-corrected chi connectivity index (χ2v) is 4.12. The number of halogens is 2. The minimum absolute atomic E-state index is 0.0696. The Morgan fingerprint density at radius 3 is 2.67 bits per heavy atom. The van der Waals surface area contributed by atoms with Gasteiger partial charge in [-0.1, -0.05) is 6.07 Å². The van der Waals surface area contributed by atoms with Crippen molar-refractivity contribution in [2.75, 3.05) is 0 Å². The third-order valence-corrected chi connectivity index (χ3v) is 2.63. The van der Waals surface area contributed by atoms with Gasteiger partial charge in [-0.2, -0.15) is 0 Å². The summed E-state index contributed by atoms with van der Waals surface area (Å²) in [6, 6.07) is 8.62. The molecule has 0 bridgehead atoms. The number of benzene rings is 1. The molecule has 0 radical (unpaired) electrons. The van der Waals surface area contributed by atoms with E-state index in [2.05, 4.69) is 4.98 Å². The molecule has 2 aromatic rings. The Morgan fingerprint density at radius 1 is 1.11 bits per heavy atom. The van der Waals surface area contributed by atoms with E-state index < -0.39 is 17.7 Å². The fourth-order valence-corrected chi connectivity index (χ4v) is 1.79. The number of hydrogen-bond acceptors (Lipinski definition) is 2. The highest BCUT2D eigenvalue weighted by atomic mass is 19.1. The van der Waals surface area contributed by atoms with E-state index in [0.717, 1.165) is 23.9 Å². The van der Waals surface area contributed by atoms with Crippen LogP contribution in [0.1, 0.15) is 11.3 Å². The first-order chi connectivity index (χ1) is 8.65. The van der Waals surface area contributed by atoms with Crippen LogP contribution < -0.4 is 0 Å². The second-order valence-electron chi connectivity index (χ2n) is 4.12. The summed E-state index contributed by atoms with van der Waals surface area (Å²) >= 11 is 0. The summed E-state index contributed by atoms with van der Waals surface area (Å²) in [5.41, 5.74) is 0.903. The molecule has 2 rings (SSSR count). The first-order valence-corrected chi connectivity index (χ1v) is 5.67. The van der Waals surface area contributed by atoms with Gasteiger partial charge in [0.15, 0.2) is 0 Å². The van der Waals surface area contributed by atoms with Crippen molar-refractivity contribution < 1.29 is 13.9 Å².